The van der Waals surface area contributed by atoms with Crippen LogP contribution in [0.2, 0.25) is 0 Å². The molecule has 0 aliphatic rings. The number of alkyl halides is 3. The normalized spacial score (nSPS) is 11.3. The topological polar surface area (TPSA) is 111 Å². The number of nitrogens with one attached hydrogen (secondary N) is 1. The first-order valence-corrected chi connectivity index (χ1v) is 11.0. The zero-order valence-corrected chi connectivity index (χ0v) is 20.0. The number of aromatic nitrogens is 4. The largest absolute Gasteiger partial charge is 0.573 e. The summed E-state index contributed by atoms with van der Waals surface area (Å²) in [6, 6.07) is 8.31. The molecule has 0 aliphatic carbocycles. The maximum atomic E-state index is 12.7. The highest BCUT2D eigenvalue weighted by Gasteiger charge is 2.32. The minimum absolute atomic E-state index is 0.0171. The number of ether oxygens (including phenoxy) is 2. The lowest BCUT2D eigenvalue weighted by molar-refractivity contribution is -0.274. The fourth-order valence-corrected chi connectivity index (χ4v) is 3.84. The van der Waals surface area contributed by atoms with Crippen molar-refractivity contribution in [2.75, 3.05) is 12.4 Å². The monoisotopic (exact) mass is 513 g/mol. The average Bonchev–Trinajstić information content (AvgIpc) is 3.21. The lowest BCUT2D eigenvalue weighted by Crippen LogP contribution is -2.17. The van der Waals surface area contributed by atoms with Crippen LogP contribution in [-0.2, 0) is 6.42 Å². The van der Waals surface area contributed by atoms with E-state index in [1.165, 1.54) is 17.9 Å². The van der Waals surface area contributed by atoms with Crippen LogP contribution in [0.25, 0.3) is 16.9 Å². The molecule has 4 aromatic rings. The number of halogens is 3. The van der Waals surface area contributed by atoms with Crippen LogP contribution in [0.3, 0.4) is 0 Å². The number of hydrogen-bond acceptors (Lipinski definition) is 7. The summed E-state index contributed by atoms with van der Waals surface area (Å²) in [5.74, 6) is -0.809. The number of aromatic carboxylic acids is 1. The SMILES string of the molecule is CCc1nn(-c2ncccc2C)c(Nc2ccc(OC(F)(F)F)cc2C(=O)O)c1-c1cnccc1OC. The van der Waals surface area contributed by atoms with Crippen LogP contribution in [0.5, 0.6) is 11.5 Å². The predicted octanol–water partition coefficient (Wildman–Crippen LogP) is 5.55. The number of rotatable bonds is 8. The van der Waals surface area contributed by atoms with E-state index < -0.39 is 23.6 Å². The Kier molecular flexibility index (Phi) is 7.00. The second-order valence-corrected chi connectivity index (χ2v) is 7.84. The first-order chi connectivity index (χ1) is 17.6. The Morgan fingerprint density at radius 3 is 2.62 bits per heavy atom. The molecule has 0 saturated heterocycles. The molecular weight excluding hydrogens is 491 g/mol. The van der Waals surface area contributed by atoms with Gasteiger partial charge in [-0.1, -0.05) is 13.0 Å². The van der Waals surface area contributed by atoms with Crippen molar-refractivity contribution in [2.45, 2.75) is 26.6 Å². The van der Waals surface area contributed by atoms with E-state index in [1.807, 2.05) is 19.9 Å². The van der Waals surface area contributed by atoms with Gasteiger partial charge in [0, 0.05) is 24.2 Å². The van der Waals surface area contributed by atoms with Crippen molar-refractivity contribution in [2.24, 2.45) is 0 Å². The third-order valence-corrected chi connectivity index (χ3v) is 5.45. The van der Waals surface area contributed by atoms with Crippen LogP contribution in [0.1, 0.15) is 28.5 Å². The maximum absolute atomic E-state index is 12.7. The Morgan fingerprint density at radius 2 is 1.97 bits per heavy atom. The fourth-order valence-electron chi connectivity index (χ4n) is 3.84. The first-order valence-electron chi connectivity index (χ1n) is 11.0. The molecular formula is C25H22F3N5O4. The summed E-state index contributed by atoms with van der Waals surface area (Å²) in [7, 11) is 1.51. The van der Waals surface area contributed by atoms with Crippen molar-refractivity contribution < 1.29 is 32.5 Å². The first kappa shape index (κ1) is 25.5. The Morgan fingerprint density at radius 1 is 1.19 bits per heavy atom. The second kappa shape index (κ2) is 10.2. The van der Waals surface area contributed by atoms with Gasteiger partial charge < -0.3 is 19.9 Å². The van der Waals surface area contributed by atoms with Crippen LogP contribution in [0.4, 0.5) is 24.7 Å². The number of pyridine rings is 2. The number of carbonyl (C=O) groups is 1. The van der Waals surface area contributed by atoms with Gasteiger partial charge in [0.1, 0.15) is 17.3 Å². The molecule has 4 rings (SSSR count). The van der Waals surface area contributed by atoms with E-state index in [2.05, 4.69) is 20.0 Å². The van der Waals surface area contributed by atoms with Gasteiger partial charge in [-0.05, 0) is 49.2 Å². The highest BCUT2D eigenvalue weighted by Crippen LogP contribution is 2.41. The molecule has 0 fully saturated rings. The third kappa shape index (κ3) is 5.32. The Labute approximate surface area is 209 Å². The minimum atomic E-state index is -4.97. The predicted molar refractivity (Wildman–Crippen MR) is 129 cm³/mol. The molecule has 0 atom stereocenters. The summed E-state index contributed by atoms with van der Waals surface area (Å²) in [5, 5.41) is 17.6. The fraction of sp³-hybridized carbons (Fsp3) is 0.200. The highest BCUT2D eigenvalue weighted by atomic mass is 19.4. The van der Waals surface area contributed by atoms with Gasteiger partial charge in [-0.3, -0.25) is 4.98 Å². The number of methoxy groups -OCH3 is 1. The number of hydrogen-bond donors (Lipinski definition) is 2. The van der Waals surface area contributed by atoms with Gasteiger partial charge in [-0.2, -0.15) is 9.78 Å². The Bertz CT molecular complexity index is 1450. The van der Waals surface area contributed by atoms with E-state index in [0.29, 0.717) is 40.6 Å². The van der Waals surface area contributed by atoms with Crippen LogP contribution in [0, 0.1) is 6.92 Å². The van der Waals surface area contributed by atoms with Crippen LogP contribution >= 0.6 is 0 Å². The van der Waals surface area contributed by atoms with E-state index in [-0.39, 0.29) is 5.69 Å². The molecule has 0 aliphatic heterocycles. The average molecular weight is 513 g/mol. The van der Waals surface area contributed by atoms with E-state index in [1.54, 1.807) is 30.7 Å². The van der Waals surface area contributed by atoms with E-state index >= 15 is 0 Å². The number of benzene rings is 1. The molecule has 0 unspecified atom stereocenters. The summed E-state index contributed by atoms with van der Waals surface area (Å²) in [4.78, 5) is 20.7. The van der Waals surface area contributed by atoms with Crippen LogP contribution in [0.15, 0.2) is 55.0 Å². The molecule has 2 N–H and O–H groups in total. The third-order valence-electron chi connectivity index (χ3n) is 5.45. The van der Waals surface area contributed by atoms with Crippen molar-refractivity contribution in [3.63, 3.8) is 0 Å². The summed E-state index contributed by atoms with van der Waals surface area (Å²) in [5.41, 5.74) is 2.15. The Hall–Kier alpha value is -4.61. The van der Waals surface area contributed by atoms with Gasteiger partial charge in [0.15, 0.2) is 5.82 Å². The quantitative estimate of drug-likeness (QED) is 0.316. The van der Waals surface area contributed by atoms with Gasteiger partial charge >= 0.3 is 12.3 Å². The molecule has 12 heteroatoms. The molecule has 192 valence electrons. The van der Waals surface area contributed by atoms with Crippen molar-refractivity contribution in [1.29, 1.82) is 0 Å². The molecule has 37 heavy (non-hydrogen) atoms. The lowest BCUT2D eigenvalue weighted by Gasteiger charge is -2.17. The minimum Gasteiger partial charge on any atom is -0.496 e. The molecule has 3 aromatic heterocycles. The molecule has 0 bridgehead atoms. The molecule has 3 heterocycles. The number of anilines is 2. The van der Waals surface area contributed by atoms with Gasteiger partial charge in [-0.15, -0.1) is 13.2 Å². The zero-order valence-electron chi connectivity index (χ0n) is 20.0. The number of aryl methyl sites for hydroxylation is 2. The standard InChI is InChI=1S/C25H22F3N5O4/c1-4-18-21(17-13-29-11-9-20(17)36-3)23(33(32-18)22-14(2)6-5-10-30-22)31-19-8-7-15(37-25(26,27)28)12-16(19)24(34)35/h5-13,31H,4H2,1-3H3,(H,34,35). The summed E-state index contributed by atoms with van der Waals surface area (Å²) >= 11 is 0. The highest BCUT2D eigenvalue weighted by molar-refractivity contribution is 5.97. The van der Waals surface area contributed by atoms with E-state index in [9.17, 15) is 23.1 Å². The number of nitrogens with zero attached hydrogens (tertiary/aromatic N) is 4. The second-order valence-electron chi connectivity index (χ2n) is 7.84. The van der Waals surface area contributed by atoms with Gasteiger partial charge in [0.25, 0.3) is 0 Å². The van der Waals surface area contributed by atoms with Crippen molar-refractivity contribution in [3.8, 4) is 28.4 Å². The molecule has 0 spiro atoms. The summed E-state index contributed by atoms with van der Waals surface area (Å²) in [6.45, 7) is 3.75. The number of carboxylic acid groups (broad SMARTS) is 1. The summed E-state index contributed by atoms with van der Waals surface area (Å²) in [6.07, 6.45) is 0.269. The lowest BCUT2D eigenvalue weighted by atomic mass is 10.0. The maximum Gasteiger partial charge on any atom is 0.573 e. The molecule has 9 nitrogen and oxygen atoms in total. The van der Waals surface area contributed by atoms with Crippen molar-refractivity contribution in [1.82, 2.24) is 19.7 Å². The molecule has 0 amide bonds. The Balaban J connectivity index is 1.96. The molecule has 0 saturated carbocycles. The summed E-state index contributed by atoms with van der Waals surface area (Å²) < 4.78 is 49.2. The van der Waals surface area contributed by atoms with E-state index in [4.69, 9.17) is 9.84 Å². The van der Waals surface area contributed by atoms with Crippen LogP contribution < -0.4 is 14.8 Å². The van der Waals surface area contributed by atoms with Crippen LogP contribution in [-0.4, -0.2) is 44.3 Å². The van der Waals surface area contributed by atoms with Gasteiger partial charge in [0.2, 0.25) is 0 Å². The zero-order chi connectivity index (χ0) is 26.7. The smallest absolute Gasteiger partial charge is 0.496 e. The van der Waals surface area contributed by atoms with Gasteiger partial charge in [0.05, 0.1) is 29.6 Å². The molecule has 1 aromatic carbocycles. The van der Waals surface area contributed by atoms with Crippen molar-refractivity contribution >= 4 is 17.5 Å². The van der Waals surface area contributed by atoms with Gasteiger partial charge in [-0.25, -0.2) is 9.78 Å². The van der Waals surface area contributed by atoms with Crippen molar-refractivity contribution in [3.05, 3.63) is 71.8 Å². The molecule has 0 radical (unpaired) electrons. The number of carboxylic acids is 1. The van der Waals surface area contributed by atoms with E-state index in [0.717, 1.165) is 17.7 Å².